The molecule has 0 aromatic carbocycles. The second kappa shape index (κ2) is 3.70. The van der Waals surface area contributed by atoms with E-state index in [-0.39, 0.29) is 9.97 Å². The standard InChI is InChI=1S/C7H7F2N3O3S/c1-15-7(13,14)5-11-12-2-3(4(8)9)10-6(12)16-5/h2,4,13-14H,1H3. The summed E-state index contributed by atoms with van der Waals surface area (Å²) in [5, 5.41) is 22.1. The van der Waals surface area contributed by atoms with Crippen molar-refractivity contribution < 1.29 is 23.7 Å². The van der Waals surface area contributed by atoms with Crippen LogP contribution in [0.5, 0.6) is 0 Å². The number of alkyl halides is 2. The minimum Gasteiger partial charge on any atom is -0.338 e. The van der Waals surface area contributed by atoms with Gasteiger partial charge in [-0.1, -0.05) is 11.3 Å². The third-order valence-electron chi connectivity index (χ3n) is 1.85. The number of fused-ring (bicyclic) bond motifs is 1. The summed E-state index contributed by atoms with van der Waals surface area (Å²) in [5.41, 5.74) is -0.413. The molecule has 0 fully saturated rings. The second-order valence-corrected chi connectivity index (χ2v) is 3.87. The molecule has 2 aromatic heterocycles. The van der Waals surface area contributed by atoms with Gasteiger partial charge in [0.15, 0.2) is 0 Å². The van der Waals surface area contributed by atoms with Crippen molar-refractivity contribution in [3.05, 3.63) is 16.9 Å². The van der Waals surface area contributed by atoms with Crippen molar-refractivity contribution in [2.24, 2.45) is 0 Å². The van der Waals surface area contributed by atoms with Crippen molar-refractivity contribution >= 4 is 16.3 Å². The molecule has 0 radical (unpaired) electrons. The van der Waals surface area contributed by atoms with Gasteiger partial charge in [-0.3, -0.25) is 0 Å². The predicted octanol–water partition coefficient (Wildman–Crippen LogP) is 0.470. The van der Waals surface area contributed by atoms with Gasteiger partial charge in [0.2, 0.25) is 9.97 Å². The molecule has 0 aliphatic carbocycles. The Bertz CT molecular complexity index is 478. The zero-order chi connectivity index (χ0) is 11.9. The zero-order valence-corrected chi connectivity index (χ0v) is 8.78. The lowest BCUT2D eigenvalue weighted by atomic mass is 10.5. The minimum absolute atomic E-state index is 0.134. The van der Waals surface area contributed by atoms with Crippen molar-refractivity contribution in [1.29, 1.82) is 0 Å². The lowest BCUT2D eigenvalue weighted by Gasteiger charge is -2.14. The summed E-state index contributed by atoms with van der Waals surface area (Å²) in [5.74, 6) is -2.53. The van der Waals surface area contributed by atoms with Gasteiger partial charge in [-0.05, 0) is 0 Å². The summed E-state index contributed by atoms with van der Waals surface area (Å²) in [6.45, 7) is 0. The van der Waals surface area contributed by atoms with E-state index in [2.05, 4.69) is 14.8 Å². The Labute approximate surface area is 91.7 Å². The lowest BCUT2D eigenvalue weighted by molar-refractivity contribution is -0.338. The fourth-order valence-corrected chi connectivity index (χ4v) is 1.90. The van der Waals surface area contributed by atoms with Gasteiger partial charge in [0.05, 0.1) is 6.20 Å². The number of imidazole rings is 1. The molecule has 0 saturated carbocycles. The van der Waals surface area contributed by atoms with Gasteiger partial charge in [0.1, 0.15) is 5.69 Å². The van der Waals surface area contributed by atoms with Crippen molar-refractivity contribution in [3.63, 3.8) is 0 Å². The lowest BCUT2D eigenvalue weighted by Crippen LogP contribution is -2.27. The molecule has 2 heterocycles. The van der Waals surface area contributed by atoms with E-state index in [4.69, 9.17) is 0 Å². The van der Waals surface area contributed by atoms with Crippen molar-refractivity contribution in [1.82, 2.24) is 14.6 Å². The highest BCUT2D eigenvalue weighted by Gasteiger charge is 2.31. The minimum atomic E-state index is -2.69. The molecular formula is C7H7F2N3O3S. The topological polar surface area (TPSA) is 79.9 Å². The van der Waals surface area contributed by atoms with Gasteiger partial charge < -0.3 is 14.9 Å². The predicted molar refractivity (Wildman–Crippen MR) is 48.9 cm³/mol. The monoisotopic (exact) mass is 251 g/mol. The van der Waals surface area contributed by atoms with Crippen LogP contribution in [0.4, 0.5) is 8.78 Å². The van der Waals surface area contributed by atoms with E-state index in [0.717, 1.165) is 29.2 Å². The van der Waals surface area contributed by atoms with Crippen molar-refractivity contribution in [2.75, 3.05) is 7.11 Å². The zero-order valence-electron chi connectivity index (χ0n) is 7.96. The number of nitrogens with zero attached hydrogens (tertiary/aromatic N) is 3. The van der Waals surface area contributed by atoms with Crippen LogP contribution < -0.4 is 0 Å². The molecule has 2 rings (SSSR count). The molecule has 88 valence electrons. The maximum atomic E-state index is 12.3. The number of ether oxygens (including phenoxy) is 1. The molecule has 0 amide bonds. The van der Waals surface area contributed by atoms with Gasteiger partial charge in [-0.15, -0.1) is 0 Å². The normalized spacial score (nSPS) is 12.9. The van der Waals surface area contributed by atoms with Gasteiger partial charge in [0.25, 0.3) is 6.43 Å². The number of rotatable bonds is 3. The van der Waals surface area contributed by atoms with Crippen LogP contribution in [0.3, 0.4) is 0 Å². The molecule has 16 heavy (non-hydrogen) atoms. The molecule has 6 nitrogen and oxygen atoms in total. The number of hydrogen-bond donors (Lipinski definition) is 2. The maximum absolute atomic E-state index is 12.3. The summed E-state index contributed by atoms with van der Waals surface area (Å²) >= 11 is 0.749. The number of hydrogen-bond acceptors (Lipinski definition) is 6. The van der Waals surface area contributed by atoms with Crippen LogP contribution >= 0.6 is 11.3 Å². The molecule has 2 N–H and O–H groups in total. The van der Waals surface area contributed by atoms with E-state index in [9.17, 15) is 19.0 Å². The summed E-state index contributed by atoms with van der Waals surface area (Å²) in [6, 6.07) is 0. The first-order chi connectivity index (χ1) is 7.44. The first-order valence-corrected chi connectivity index (χ1v) is 4.90. The quantitative estimate of drug-likeness (QED) is 0.775. The fraction of sp³-hybridized carbons (Fsp3) is 0.429. The molecule has 0 aliphatic heterocycles. The van der Waals surface area contributed by atoms with Crippen molar-refractivity contribution in [3.8, 4) is 0 Å². The molecule has 9 heteroatoms. The highest BCUT2D eigenvalue weighted by molar-refractivity contribution is 7.16. The summed E-state index contributed by atoms with van der Waals surface area (Å²) in [6.07, 6.45) is -1.67. The molecule has 0 unspecified atom stereocenters. The van der Waals surface area contributed by atoms with Crippen LogP contribution in [0.1, 0.15) is 17.1 Å². The van der Waals surface area contributed by atoms with E-state index < -0.39 is 18.1 Å². The smallest absolute Gasteiger partial charge is 0.336 e. The largest absolute Gasteiger partial charge is 0.338 e. The third kappa shape index (κ3) is 1.78. The van der Waals surface area contributed by atoms with Crippen LogP contribution in [-0.2, 0) is 10.7 Å². The van der Waals surface area contributed by atoms with E-state index in [1.807, 2.05) is 0 Å². The third-order valence-corrected chi connectivity index (χ3v) is 2.85. The SMILES string of the molecule is COC(O)(O)c1nn2cc(C(F)F)nc2s1. The molecule has 2 aromatic rings. The Balaban J connectivity index is 2.43. The maximum Gasteiger partial charge on any atom is 0.336 e. The van der Waals surface area contributed by atoms with E-state index in [1.54, 1.807) is 0 Å². The van der Waals surface area contributed by atoms with Crippen LogP contribution in [0.2, 0.25) is 0 Å². The second-order valence-electron chi connectivity index (χ2n) is 2.91. The van der Waals surface area contributed by atoms with E-state index in [0.29, 0.717) is 0 Å². The molecular weight excluding hydrogens is 244 g/mol. The Morgan fingerprint density at radius 2 is 2.25 bits per heavy atom. The Morgan fingerprint density at radius 3 is 2.75 bits per heavy atom. The first-order valence-electron chi connectivity index (χ1n) is 4.08. The van der Waals surface area contributed by atoms with Crippen LogP contribution in [-0.4, -0.2) is 31.9 Å². The summed E-state index contributed by atoms with van der Waals surface area (Å²) in [7, 11) is 1.08. The van der Waals surface area contributed by atoms with Gasteiger partial charge >= 0.3 is 5.97 Å². The van der Waals surface area contributed by atoms with Gasteiger partial charge in [-0.25, -0.2) is 18.3 Å². The average molecular weight is 251 g/mol. The molecule has 0 bridgehead atoms. The summed E-state index contributed by atoms with van der Waals surface area (Å²) < 4.78 is 29.9. The molecule has 0 aliphatic rings. The molecule has 0 saturated heterocycles. The Morgan fingerprint density at radius 1 is 1.56 bits per heavy atom. The van der Waals surface area contributed by atoms with E-state index in [1.165, 1.54) is 0 Å². The van der Waals surface area contributed by atoms with Crippen LogP contribution in [0.15, 0.2) is 6.20 Å². The Hall–Kier alpha value is -1.16. The van der Waals surface area contributed by atoms with Gasteiger partial charge in [-0.2, -0.15) is 5.10 Å². The fourth-order valence-electron chi connectivity index (χ4n) is 1.04. The number of aliphatic hydroxyl groups is 2. The molecule has 0 spiro atoms. The highest BCUT2D eigenvalue weighted by atomic mass is 32.1. The Kier molecular flexibility index (Phi) is 2.62. The van der Waals surface area contributed by atoms with E-state index >= 15 is 0 Å². The van der Waals surface area contributed by atoms with Gasteiger partial charge in [0, 0.05) is 7.11 Å². The van der Waals surface area contributed by atoms with Crippen LogP contribution in [0.25, 0.3) is 4.96 Å². The summed E-state index contributed by atoms with van der Waals surface area (Å²) in [4.78, 5) is 3.71. The number of halogens is 2. The molecule has 0 atom stereocenters. The number of aromatic nitrogens is 3. The highest BCUT2D eigenvalue weighted by Crippen LogP contribution is 2.26. The average Bonchev–Trinajstić information content (AvgIpc) is 2.74. The van der Waals surface area contributed by atoms with Crippen molar-refractivity contribution in [2.45, 2.75) is 12.4 Å². The van der Waals surface area contributed by atoms with Crippen LogP contribution in [0, 0.1) is 0 Å². The number of methoxy groups -OCH3 is 1. The first kappa shape index (κ1) is 11.3.